The van der Waals surface area contributed by atoms with Crippen LogP contribution in [0, 0.1) is 0 Å². The lowest BCUT2D eigenvalue weighted by atomic mass is 9.99. The molecular formula is C25H26N4O3. The minimum Gasteiger partial charge on any atom is -0.493 e. The van der Waals surface area contributed by atoms with Crippen molar-refractivity contribution in [2.75, 3.05) is 20.3 Å². The Labute approximate surface area is 186 Å². The normalized spacial score (nSPS) is 12.0. The number of ether oxygens (including phenoxy) is 1. The van der Waals surface area contributed by atoms with Gasteiger partial charge in [-0.3, -0.25) is 14.9 Å². The summed E-state index contributed by atoms with van der Waals surface area (Å²) in [4.78, 5) is 19.4. The molecule has 0 aliphatic heterocycles. The van der Waals surface area contributed by atoms with Crippen LogP contribution in [0.2, 0.25) is 0 Å². The molecule has 32 heavy (non-hydrogen) atoms. The zero-order valence-electron chi connectivity index (χ0n) is 18.2. The molecule has 2 heterocycles. The fourth-order valence-corrected chi connectivity index (χ4v) is 3.95. The van der Waals surface area contributed by atoms with Crippen LogP contribution in [0.4, 0.5) is 0 Å². The molecule has 7 nitrogen and oxygen atoms in total. The molecule has 0 fully saturated rings. The summed E-state index contributed by atoms with van der Waals surface area (Å²) in [5.74, 6) is 0.495. The van der Waals surface area contributed by atoms with Gasteiger partial charge < -0.3 is 14.7 Å². The second-order valence-corrected chi connectivity index (χ2v) is 7.52. The smallest absolute Gasteiger partial charge is 0.254 e. The Morgan fingerprint density at radius 2 is 1.97 bits per heavy atom. The molecule has 1 amide bonds. The molecule has 4 aromatic rings. The highest BCUT2D eigenvalue weighted by Crippen LogP contribution is 2.33. The van der Waals surface area contributed by atoms with Crippen LogP contribution in [0.3, 0.4) is 0 Å². The number of rotatable bonds is 8. The molecule has 0 saturated heterocycles. The molecule has 164 valence electrons. The number of pyridine rings is 1. The van der Waals surface area contributed by atoms with Crippen LogP contribution in [-0.2, 0) is 0 Å². The molecule has 0 aliphatic carbocycles. The molecule has 0 saturated carbocycles. The molecule has 1 atom stereocenters. The van der Waals surface area contributed by atoms with Crippen molar-refractivity contribution < 1.29 is 14.6 Å². The first-order valence-electron chi connectivity index (χ1n) is 10.6. The minimum absolute atomic E-state index is 0.0655. The molecular weight excluding hydrogens is 404 g/mol. The van der Waals surface area contributed by atoms with E-state index in [0.717, 1.165) is 27.6 Å². The Morgan fingerprint density at radius 1 is 1.16 bits per heavy atom. The molecule has 0 aliphatic rings. The molecule has 0 bridgehead atoms. The van der Waals surface area contributed by atoms with Crippen LogP contribution in [-0.4, -0.2) is 51.4 Å². The summed E-state index contributed by atoms with van der Waals surface area (Å²) in [6.45, 7) is 2.35. The number of aromatic nitrogens is 3. The van der Waals surface area contributed by atoms with Crippen LogP contribution in [0.25, 0.3) is 22.0 Å². The Morgan fingerprint density at radius 3 is 2.72 bits per heavy atom. The predicted molar refractivity (Wildman–Crippen MR) is 123 cm³/mol. The SMILES string of the molecule is CCOc1cc(C(=O)N(C)[C@@H](CCO)c2cncc3cn[nH]c23)ccc1-c1ccccc1. The summed E-state index contributed by atoms with van der Waals surface area (Å²) in [5.41, 5.74) is 4.11. The van der Waals surface area contributed by atoms with E-state index in [1.54, 1.807) is 36.6 Å². The molecule has 7 heteroatoms. The maximum absolute atomic E-state index is 13.5. The molecule has 0 spiro atoms. The maximum Gasteiger partial charge on any atom is 0.254 e. The Kier molecular flexibility index (Phi) is 6.47. The van der Waals surface area contributed by atoms with Crippen LogP contribution < -0.4 is 4.74 Å². The number of benzene rings is 2. The van der Waals surface area contributed by atoms with Gasteiger partial charge in [0.15, 0.2) is 0 Å². The zero-order chi connectivity index (χ0) is 22.5. The van der Waals surface area contributed by atoms with Crippen molar-refractivity contribution in [1.29, 1.82) is 0 Å². The van der Waals surface area contributed by atoms with Crippen LogP contribution >= 0.6 is 0 Å². The highest BCUT2D eigenvalue weighted by molar-refractivity contribution is 5.96. The minimum atomic E-state index is -0.367. The van der Waals surface area contributed by atoms with Gasteiger partial charge in [0.2, 0.25) is 0 Å². The lowest BCUT2D eigenvalue weighted by molar-refractivity contribution is 0.0705. The van der Waals surface area contributed by atoms with Crippen molar-refractivity contribution in [2.45, 2.75) is 19.4 Å². The highest BCUT2D eigenvalue weighted by atomic mass is 16.5. The fourth-order valence-electron chi connectivity index (χ4n) is 3.95. The number of nitrogens with zero attached hydrogens (tertiary/aromatic N) is 3. The predicted octanol–water partition coefficient (Wildman–Crippen LogP) is 4.22. The number of hydrogen-bond donors (Lipinski definition) is 2. The van der Waals surface area contributed by atoms with Gasteiger partial charge >= 0.3 is 0 Å². The third-order valence-electron chi connectivity index (χ3n) is 5.55. The number of aliphatic hydroxyl groups excluding tert-OH is 1. The lowest BCUT2D eigenvalue weighted by Gasteiger charge is -2.28. The molecule has 2 aromatic carbocycles. The van der Waals surface area contributed by atoms with Crippen molar-refractivity contribution in [3.63, 3.8) is 0 Å². The molecule has 2 aromatic heterocycles. The molecule has 0 radical (unpaired) electrons. The van der Waals surface area contributed by atoms with Crippen LogP contribution in [0.15, 0.2) is 67.1 Å². The van der Waals surface area contributed by atoms with E-state index in [1.807, 2.05) is 49.4 Å². The average Bonchev–Trinajstić information content (AvgIpc) is 3.32. The van der Waals surface area contributed by atoms with E-state index in [9.17, 15) is 9.90 Å². The number of carbonyl (C=O) groups excluding carboxylic acids is 1. The summed E-state index contributed by atoms with van der Waals surface area (Å²) in [5, 5.41) is 17.6. The summed E-state index contributed by atoms with van der Waals surface area (Å²) in [7, 11) is 1.74. The number of H-pyrrole nitrogens is 1. The van der Waals surface area contributed by atoms with Gasteiger partial charge in [-0.2, -0.15) is 5.10 Å². The standard InChI is InChI=1S/C25H26N4O3/c1-3-32-23-13-18(9-10-20(23)17-7-5-4-6-8-17)25(31)29(2)22(11-12-30)21-16-26-14-19-15-27-28-24(19)21/h4-10,13-16,22,30H,3,11-12H2,1-2H3,(H,27,28)/t22-/m0/s1. The number of hydrogen-bond acceptors (Lipinski definition) is 5. The lowest BCUT2D eigenvalue weighted by Crippen LogP contribution is -2.32. The van der Waals surface area contributed by atoms with E-state index in [0.29, 0.717) is 24.3 Å². The van der Waals surface area contributed by atoms with Crippen molar-refractivity contribution in [3.05, 3.63) is 78.2 Å². The Hall–Kier alpha value is -3.71. The first-order chi connectivity index (χ1) is 15.6. The van der Waals surface area contributed by atoms with E-state index in [4.69, 9.17) is 4.74 Å². The van der Waals surface area contributed by atoms with Gasteiger partial charge in [-0.05, 0) is 37.1 Å². The first kappa shape index (κ1) is 21.5. The van der Waals surface area contributed by atoms with E-state index in [-0.39, 0.29) is 18.6 Å². The van der Waals surface area contributed by atoms with Crippen LogP contribution in [0.5, 0.6) is 5.75 Å². The number of carbonyl (C=O) groups is 1. The number of fused-ring (bicyclic) bond motifs is 1. The van der Waals surface area contributed by atoms with Gasteiger partial charge in [0.1, 0.15) is 5.75 Å². The molecule has 4 rings (SSSR count). The molecule has 0 unspecified atom stereocenters. The first-order valence-corrected chi connectivity index (χ1v) is 10.6. The summed E-state index contributed by atoms with van der Waals surface area (Å²) < 4.78 is 5.87. The summed E-state index contributed by atoms with van der Waals surface area (Å²) >= 11 is 0. The van der Waals surface area contributed by atoms with Crippen molar-refractivity contribution >= 4 is 16.8 Å². The van der Waals surface area contributed by atoms with Crippen LogP contribution in [0.1, 0.15) is 35.3 Å². The second kappa shape index (κ2) is 9.62. The third-order valence-corrected chi connectivity index (χ3v) is 5.55. The van der Waals surface area contributed by atoms with Gasteiger partial charge in [-0.25, -0.2) is 0 Å². The topological polar surface area (TPSA) is 91.3 Å². The zero-order valence-corrected chi connectivity index (χ0v) is 18.2. The summed E-state index contributed by atoms with van der Waals surface area (Å²) in [6.07, 6.45) is 5.51. The fraction of sp³-hybridized carbons (Fsp3) is 0.240. The second-order valence-electron chi connectivity index (χ2n) is 7.52. The third kappa shape index (κ3) is 4.20. The number of aromatic amines is 1. The number of aliphatic hydroxyl groups is 1. The van der Waals surface area contributed by atoms with Gasteiger partial charge in [0.25, 0.3) is 5.91 Å². The van der Waals surface area contributed by atoms with Gasteiger partial charge in [-0.15, -0.1) is 0 Å². The average molecular weight is 431 g/mol. The number of nitrogens with one attached hydrogen (secondary N) is 1. The van der Waals surface area contributed by atoms with Gasteiger partial charge in [0, 0.05) is 48.1 Å². The number of amides is 1. The van der Waals surface area contributed by atoms with Gasteiger partial charge in [0.05, 0.1) is 24.4 Å². The highest BCUT2D eigenvalue weighted by Gasteiger charge is 2.25. The van der Waals surface area contributed by atoms with Crippen molar-refractivity contribution in [1.82, 2.24) is 20.1 Å². The van der Waals surface area contributed by atoms with E-state index in [1.165, 1.54) is 0 Å². The van der Waals surface area contributed by atoms with E-state index in [2.05, 4.69) is 15.2 Å². The van der Waals surface area contributed by atoms with E-state index >= 15 is 0 Å². The Bertz CT molecular complexity index is 1210. The quantitative estimate of drug-likeness (QED) is 0.437. The van der Waals surface area contributed by atoms with Crippen molar-refractivity contribution in [3.8, 4) is 16.9 Å². The largest absolute Gasteiger partial charge is 0.493 e. The Balaban J connectivity index is 1.69. The molecule has 2 N–H and O–H groups in total. The maximum atomic E-state index is 13.5. The van der Waals surface area contributed by atoms with Crippen molar-refractivity contribution in [2.24, 2.45) is 0 Å². The van der Waals surface area contributed by atoms with Gasteiger partial charge in [-0.1, -0.05) is 30.3 Å². The van der Waals surface area contributed by atoms with E-state index < -0.39 is 0 Å². The summed E-state index contributed by atoms with van der Waals surface area (Å²) in [6, 6.07) is 15.1. The monoisotopic (exact) mass is 430 g/mol.